The van der Waals surface area contributed by atoms with Crippen LogP contribution in [0.25, 0.3) is 11.3 Å². The third-order valence-corrected chi connectivity index (χ3v) is 4.64. The van der Waals surface area contributed by atoms with Gasteiger partial charge in [-0.1, -0.05) is 44.0 Å². The number of hydrazone groups is 1. The minimum atomic E-state index is -0.402. The highest BCUT2D eigenvalue weighted by Gasteiger charge is 2.08. The van der Waals surface area contributed by atoms with Gasteiger partial charge in [-0.25, -0.2) is 5.43 Å². The smallest absolute Gasteiger partial charge is 0.277 e. The van der Waals surface area contributed by atoms with Crippen LogP contribution in [0.3, 0.4) is 0 Å². The molecule has 2 aromatic carbocycles. The first-order valence-corrected chi connectivity index (χ1v) is 9.78. The van der Waals surface area contributed by atoms with Gasteiger partial charge in [0, 0.05) is 14.5 Å². The second-order valence-electron chi connectivity index (χ2n) is 5.59. The predicted molar refractivity (Wildman–Crippen MR) is 114 cm³/mol. The summed E-state index contributed by atoms with van der Waals surface area (Å²) in [5.41, 5.74) is 3.34. The number of carbonyl (C=O) groups excluding carboxylic acids is 1. The number of furan rings is 1. The molecule has 8 heteroatoms. The van der Waals surface area contributed by atoms with Gasteiger partial charge in [-0.2, -0.15) is 5.10 Å². The molecule has 3 aromatic rings. The van der Waals surface area contributed by atoms with Gasteiger partial charge in [0.1, 0.15) is 11.5 Å². The van der Waals surface area contributed by atoms with Gasteiger partial charge in [0.15, 0.2) is 18.1 Å². The summed E-state index contributed by atoms with van der Waals surface area (Å²) in [5, 5.41) is 3.89. The number of hydrogen-bond acceptors (Lipinski definition) is 5. The number of halogens is 2. The average Bonchev–Trinajstić information content (AvgIpc) is 3.16. The Morgan fingerprint density at radius 2 is 1.82 bits per heavy atom. The fourth-order valence-corrected chi connectivity index (χ4v) is 2.90. The molecule has 0 aliphatic heterocycles. The molecular weight excluding hydrogens is 492 g/mol. The van der Waals surface area contributed by atoms with Crippen molar-refractivity contribution in [1.29, 1.82) is 0 Å². The molecule has 0 radical (unpaired) electrons. The number of ether oxygens (including phenoxy) is 2. The van der Waals surface area contributed by atoms with Crippen LogP contribution in [0.15, 0.2) is 73.1 Å². The molecule has 0 unspecified atom stereocenters. The van der Waals surface area contributed by atoms with E-state index in [2.05, 4.69) is 42.4 Å². The van der Waals surface area contributed by atoms with Crippen LogP contribution in [0.1, 0.15) is 5.76 Å². The molecule has 0 aliphatic rings. The molecule has 1 heterocycles. The molecule has 28 heavy (non-hydrogen) atoms. The monoisotopic (exact) mass is 506 g/mol. The van der Waals surface area contributed by atoms with Crippen LogP contribution < -0.4 is 14.9 Å². The van der Waals surface area contributed by atoms with Gasteiger partial charge in [-0.3, -0.25) is 4.79 Å². The van der Waals surface area contributed by atoms with E-state index in [1.165, 1.54) is 13.3 Å². The van der Waals surface area contributed by atoms with Crippen molar-refractivity contribution in [3.63, 3.8) is 0 Å². The van der Waals surface area contributed by atoms with Gasteiger partial charge in [-0.15, -0.1) is 0 Å². The summed E-state index contributed by atoms with van der Waals surface area (Å²) in [6.45, 7) is -0.197. The van der Waals surface area contributed by atoms with Crippen molar-refractivity contribution in [2.24, 2.45) is 5.10 Å². The number of benzene rings is 2. The third kappa shape index (κ3) is 5.46. The lowest BCUT2D eigenvalue weighted by Crippen LogP contribution is -2.24. The molecule has 0 bridgehead atoms. The minimum absolute atomic E-state index is 0.197. The molecule has 6 nitrogen and oxygen atoms in total. The normalized spacial score (nSPS) is 10.8. The maximum atomic E-state index is 11.9. The maximum Gasteiger partial charge on any atom is 0.277 e. The number of amides is 1. The lowest BCUT2D eigenvalue weighted by molar-refractivity contribution is -0.123. The summed E-state index contributed by atoms with van der Waals surface area (Å²) in [7, 11) is 1.53. The zero-order chi connectivity index (χ0) is 19.9. The van der Waals surface area contributed by atoms with Crippen molar-refractivity contribution >= 4 is 44.0 Å². The highest BCUT2D eigenvalue weighted by Crippen LogP contribution is 2.30. The number of nitrogens with one attached hydrogen (secondary N) is 1. The Morgan fingerprint density at radius 3 is 2.57 bits per heavy atom. The summed E-state index contributed by atoms with van der Waals surface area (Å²) >= 11 is 6.75. The molecule has 1 N–H and O–H groups in total. The van der Waals surface area contributed by atoms with E-state index in [0.29, 0.717) is 23.0 Å². The number of methoxy groups -OCH3 is 1. The van der Waals surface area contributed by atoms with Crippen molar-refractivity contribution in [2.45, 2.75) is 0 Å². The van der Waals surface area contributed by atoms with Gasteiger partial charge < -0.3 is 13.9 Å². The van der Waals surface area contributed by atoms with Gasteiger partial charge in [0.25, 0.3) is 5.91 Å². The van der Waals surface area contributed by atoms with E-state index in [0.717, 1.165) is 14.5 Å². The van der Waals surface area contributed by atoms with Gasteiger partial charge in [0.2, 0.25) is 0 Å². The van der Waals surface area contributed by atoms with E-state index in [-0.39, 0.29) is 6.61 Å². The van der Waals surface area contributed by atoms with Crippen molar-refractivity contribution in [1.82, 2.24) is 5.43 Å². The molecule has 3 rings (SSSR count). The zero-order valence-corrected chi connectivity index (χ0v) is 18.0. The lowest BCUT2D eigenvalue weighted by Gasteiger charge is -2.09. The summed E-state index contributed by atoms with van der Waals surface area (Å²) in [4.78, 5) is 11.9. The molecule has 0 fully saturated rings. The van der Waals surface area contributed by atoms with Crippen molar-refractivity contribution in [3.8, 4) is 22.8 Å². The highest BCUT2D eigenvalue weighted by molar-refractivity contribution is 9.10. The van der Waals surface area contributed by atoms with Crippen molar-refractivity contribution in [3.05, 3.63) is 69.3 Å². The van der Waals surface area contributed by atoms with Gasteiger partial charge in [0.05, 0.1) is 13.3 Å². The van der Waals surface area contributed by atoms with E-state index >= 15 is 0 Å². The Hall–Kier alpha value is -2.58. The summed E-state index contributed by atoms with van der Waals surface area (Å²) in [5.74, 6) is 1.83. The lowest BCUT2D eigenvalue weighted by atomic mass is 10.2. The first-order valence-electron chi connectivity index (χ1n) is 8.19. The maximum absolute atomic E-state index is 11.9. The molecule has 1 aromatic heterocycles. The third-order valence-electron chi connectivity index (χ3n) is 3.62. The number of carbonyl (C=O) groups is 1. The molecule has 144 valence electrons. The molecular formula is C20H16Br2N2O4. The molecule has 0 atom stereocenters. The second kappa shape index (κ2) is 9.57. The number of hydrogen-bond donors (Lipinski definition) is 1. The summed E-state index contributed by atoms with van der Waals surface area (Å²) < 4.78 is 18.2. The van der Waals surface area contributed by atoms with E-state index in [1.54, 1.807) is 24.3 Å². The van der Waals surface area contributed by atoms with Crippen LogP contribution in [0.4, 0.5) is 0 Å². The van der Waals surface area contributed by atoms with Crippen LogP contribution in [0.2, 0.25) is 0 Å². The Morgan fingerprint density at radius 1 is 1.07 bits per heavy atom. The van der Waals surface area contributed by atoms with Crippen LogP contribution >= 0.6 is 31.9 Å². The number of nitrogens with zero attached hydrogens (tertiary/aromatic N) is 1. The predicted octanol–water partition coefficient (Wildman–Crippen LogP) is 5.01. The first kappa shape index (κ1) is 20.2. The largest absolute Gasteiger partial charge is 0.493 e. The second-order valence-corrected chi connectivity index (χ2v) is 7.42. The zero-order valence-electron chi connectivity index (χ0n) is 14.8. The molecule has 0 saturated carbocycles. The van der Waals surface area contributed by atoms with Crippen LogP contribution in [0, 0.1) is 0 Å². The fourth-order valence-electron chi connectivity index (χ4n) is 2.30. The summed E-state index contributed by atoms with van der Waals surface area (Å²) in [6.07, 6.45) is 1.43. The van der Waals surface area contributed by atoms with Crippen LogP contribution in [-0.2, 0) is 4.79 Å². The standard InChI is InChI=1S/C20H16Br2N2O4/c1-26-19-10-15(22)6-8-18(19)27-12-20(25)24-23-11-16-7-9-17(28-16)13-2-4-14(21)5-3-13/h2-11H,12H2,1H3,(H,24,25)/b23-11-. The van der Waals surface area contributed by atoms with E-state index in [9.17, 15) is 4.79 Å². The minimum Gasteiger partial charge on any atom is -0.493 e. The Bertz CT molecular complexity index is 984. The number of rotatable bonds is 7. The van der Waals surface area contributed by atoms with Gasteiger partial charge in [-0.05, 0) is 42.5 Å². The molecule has 1 amide bonds. The summed E-state index contributed by atoms with van der Waals surface area (Å²) in [6, 6.07) is 16.6. The molecule has 0 saturated heterocycles. The quantitative estimate of drug-likeness (QED) is 0.360. The Balaban J connectivity index is 1.52. The molecule has 0 spiro atoms. The Kier molecular flexibility index (Phi) is 6.89. The topological polar surface area (TPSA) is 73.1 Å². The fraction of sp³-hybridized carbons (Fsp3) is 0.100. The van der Waals surface area contributed by atoms with Crippen molar-refractivity contribution < 1.29 is 18.7 Å². The van der Waals surface area contributed by atoms with Crippen LogP contribution in [-0.4, -0.2) is 25.8 Å². The van der Waals surface area contributed by atoms with E-state index < -0.39 is 5.91 Å². The van der Waals surface area contributed by atoms with E-state index in [1.807, 2.05) is 30.3 Å². The first-order chi connectivity index (χ1) is 13.5. The van der Waals surface area contributed by atoms with Crippen molar-refractivity contribution in [2.75, 3.05) is 13.7 Å². The van der Waals surface area contributed by atoms with E-state index in [4.69, 9.17) is 13.9 Å². The molecule has 0 aliphatic carbocycles. The Labute approximate surface area is 178 Å². The average molecular weight is 508 g/mol. The highest BCUT2D eigenvalue weighted by atomic mass is 79.9. The SMILES string of the molecule is COc1cc(Br)ccc1OCC(=O)N/N=C\c1ccc(-c2ccc(Br)cc2)o1. The van der Waals surface area contributed by atoms with Crippen LogP contribution in [0.5, 0.6) is 11.5 Å². The van der Waals surface area contributed by atoms with Gasteiger partial charge >= 0.3 is 0 Å².